The van der Waals surface area contributed by atoms with Gasteiger partial charge in [-0.1, -0.05) is 30.3 Å². The van der Waals surface area contributed by atoms with E-state index >= 15 is 0 Å². The Kier molecular flexibility index (Phi) is 9.13. The zero-order valence-electron chi connectivity index (χ0n) is 19.1. The molecule has 0 radical (unpaired) electrons. The zero-order chi connectivity index (χ0) is 22.8. The number of ether oxygens (including phenoxy) is 4. The van der Waals surface area contributed by atoms with Crippen LogP contribution in [0.5, 0.6) is 23.0 Å². The lowest BCUT2D eigenvalue weighted by atomic mass is 9.98. The Labute approximate surface area is 195 Å². The molecule has 0 aromatic heterocycles. The summed E-state index contributed by atoms with van der Waals surface area (Å²) in [7, 11) is 6.62. The highest BCUT2D eigenvalue weighted by molar-refractivity contribution is 7.99. The van der Waals surface area contributed by atoms with Crippen molar-refractivity contribution in [3.8, 4) is 23.0 Å². The van der Waals surface area contributed by atoms with E-state index in [2.05, 4.69) is 41.7 Å². The van der Waals surface area contributed by atoms with Gasteiger partial charge in [-0.2, -0.15) is 0 Å². The molecular weight excluding hydrogens is 422 g/mol. The lowest BCUT2D eigenvalue weighted by Crippen LogP contribution is -2.25. The van der Waals surface area contributed by atoms with Gasteiger partial charge >= 0.3 is 0 Å². The Morgan fingerprint density at radius 1 is 0.719 bits per heavy atom. The normalized spacial score (nSPS) is 11.6. The fourth-order valence-corrected chi connectivity index (χ4v) is 4.34. The summed E-state index contributed by atoms with van der Waals surface area (Å²) >= 11 is 1.84. The van der Waals surface area contributed by atoms with Crippen LogP contribution in [0.25, 0.3) is 0 Å². The van der Waals surface area contributed by atoms with E-state index in [1.807, 2.05) is 42.1 Å². The molecule has 170 valence electrons. The maximum Gasteiger partial charge on any atom is 0.161 e. The molecule has 0 spiro atoms. The number of hydrogen-bond acceptors (Lipinski definition) is 6. The lowest BCUT2D eigenvalue weighted by molar-refractivity contribution is 0.353. The summed E-state index contributed by atoms with van der Waals surface area (Å²) in [6.07, 6.45) is 0.797. The van der Waals surface area contributed by atoms with E-state index in [-0.39, 0.29) is 6.04 Å². The van der Waals surface area contributed by atoms with Crippen molar-refractivity contribution in [2.45, 2.75) is 17.4 Å². The number of rotatable bonds is 12. The second-order valence-corrected chi connectivity index (χ2v) is 8.34. The van der Waals surface area contributed by atoms with Crippen molar-refractivity contribution in [1.29, 1.82) is 0 Å². The largest absolute Gasteiger partial charge is 0.493 e. The predicted octanol–water partition coefficient (Wildman–Crippen LogP) is 5.39. The monoisotopic (exact) mass is 453 g/mol. The Morgan fingerprint density at radius 2 is 1.34 bits per heavy atom. The number of nitrogens with one attached hydrogen (secondary N) is 1. The van der Waals surface area contributed by atoms with Crippen molar-refractivity contribution in [1.82, 2.24) is 5.32 Å². The van der Waals surface area contributed by atoms with Crippen LogP contribution >= 0.6 is 11.8 Å². The van der Waals surface area contributed by atoms with Crippen molar-refractivity contribution in [3.63, 3.8) is 0 Å². The average Bonchev–Trinajstić information content (AvgIpc) is 2.85. The number of methoxy groups -OCH3 is 4. The Bertz CT molecular complexity index is 981. The SMILES string of the molecule is COc1ccc(CC(NCCSc2ccccc2)c2ccc(OC)c(OC)c2)cc1OC. The number of benzene rings is 3. The van der Waals surface area contributed by atoms with Gasteiger partial charge in [0.05, 0.1) is 28.4 Å². The van der Waals surface area contributed by atoms with E-state index in [9.17, 15) is 0 Å². The molecule has 1 N–H and O–H groups in total. The second-order valence-electron chi connectivity index (χ2n) is 7.18. The van der Waals surface area contributed by atoms with Crippen molar-refractivity contribution < 1.29 is 18.9 Å². The van der Waals surface area contributed by atoms with Crippen LogP contribution in [0, 0.1) is 0 Å². The lowest BCUT2D eigenvalue weighted by Gasteiger charge is -2.21. The Morgan fingerprint density at radius 3 is 2.00 bits per heavy atom. The molecule has 3 aromatic rings. The van der Waals surface area contributed by atoms with Gasteiger partial charge in [0.1, 0.15) is 0 Å². The molecule has 5 nitrogen and oxygen atoms in total. The summed E-state index contributed by atoms with van der Waals surface area (Å²) in [6.45, 7) is 0.867. The third kappa shape index (κ3) is 6.34. The minimum atomic E-state index is 0.101. The molecule has 0 bridgehead atoms. The van der Waals surface area contributed by atoms with E-state index in [1.165, 1.54) is 4.90 Å². The maximum atomic E-state index is 5.53. The number of hydrogen-bond donors (Lipinski definition) is 1. The van der Waals surface area contributed by atoms with E-state index < -0.39 is 0 Å². The van der Waals surface area contributed by atoms with Crippen LogP contribution in [0.1, 0.15) is 17.2 Å². The van der Waals surface area contributed by atoms with Crippen LogP contribution in [0.2, 0.25) is 0 Å². The minimum absolute atomic E-state index is 0.101. The molecule has 0 saturated carbocycles. The zero-order valence-corrected chi connectivity index (χ0v) is 19.9. The average molecular weight is 454 g/mol. The molecule has 0 amide bonds. The van der Waals surface area contributed by atoms with Gasteiger partial charge in [-0.15, -0.1) is 11.8 Å². The van der Waals surface area contributed by atoms with Gasteiger partial charge in [0.25, 0.3) is 0 Å². The van der Waals surface area contributed by atoms with Crippen LogP contribution in [0.4, 0.5) is 0 Å². The van der Waals surface area contributed by atoms with Crippen molar-refractivity contribution in [3.05, 3.63) is 77.9 Å². The van der Waals surface area contributed by atoms with Crippen molar-refractivity contribution in [2.24, 2.45) is 0 Å². The molecule has 0 heterocycles. The van der Waals surface area contributed by atoms with E-state index in [0.29, 0.717) is 0 Å². The molecule has 3 rings (SSSR count). The molecule has 0 saturated heterocycles. The smallest absolute Gasteiger partial charge is 0.161 e. The molecule has 0 aliphatic carbocycles. The van der Waals surface area contributed by atoms with Gasteiger partial charge in [0.2, 0.25) is 0 Å². The van der Waals surface area contributed by atoms with Crippen LogP contribution in [0.3, 0.4) is 0 Å². The Hall–Kier alpha value is -2.83. The van der Waals surface area contributed by atoms with E-state index in [0.717, 1.165) is 52.8 Å². The highest BCUT2D eigenvalue weighted by Crippen LogP contribution is 2.33. The van der Waals surface area contributed by atoms with Gasteiger partial charge in [-0.05, 0) is 53.9 Å². The summed E-state index contributed by atoms with van der Waals surface area (Å²) in [5, 5.41) is 3.72. The van der Waals surface area contributed by atoms with Gasteiger partial charge in [0, 0.05) is 23.2 Å². The molecular formula is C26H31NO4S. The Balaban J connectivity index is 1.77. The van der Waals surface area contributed by atoms with Crippen molar-refractivity contribution >= 4 is 11.8 Å². The number of thioether (sulfide) groups is 1. The summed E-state index contributed by atoms with van der Waals surface area (Å²) in [6, 6.07) is 22.7. The molecule has 0 fully saturated rings. The highest BCUT2D eigenvalue weighted by Gasteiger charge is 2.16. The second kappa shape index (κ2) is 12.3. The maximum absolute atomic E-state index is 5.53. The third-order valence-corrected chi connectivity index (χ3v) is 6.22. The topological polar surface area (TPSA) is 49.0 Å². The molecule has 1 unspecified atom stereocenters. The fourth-order valence-electron chi connectivity index (χ4n) is 3.54. The van der Waals surface area contributed by atoms with Crippen molar-refractivity contribution in [2.75, 3.05) is 40.7 Å². The van der Waals surface area contributed by atoms with Gasteiger partial charge in [-0.25, -0.2) is 0 Å². The molecule has 0 aliphatic heterocycles. The highest BCUT2D eigenvalue weighted by atomic mass is 32.2. The molecule has 0 aliphatic rings. The predicted molar refractivity (Wildman–Crippen MR) is 131 cm³/mol. The molecule has 32 heavy (non-hydrogen) atoms. The summed E-state index contributed by atoms with van der Waals surface area (Å²) in [4.78, 5) is 1.27. The van der Waals surface area contributed by atoms with Gasteiger partial charge < -0.3 is 24.3 Å². The fraction of sp³-hybridized carbons (Fsp3) is 0.308. The molecule has 3 aromatic carbocycles. The first-order valence-electron chi connectivity index (χ1n) is 10.5. The summed E-state index contributed by atoms with van der Waals surface area (Å²) in [5.74, 6) is 3.88. The van der Waals surface area contributed by atoms with E-state index in [4.69, 9.17) is 18.9 Å². The van der Waals surface area contributed by atoms with E-state index in [1.54, 1.807) is 28.4 Å². The first-order valence-corrected chi connectivity index (χ1v) is 11.5. The minimum Gasteiger partial charge on any atom is -0.493 e. The first-order chi connectivity index (χ1) is 15.7. The summed E-state index contributed by atoms with van der Waals surface area (Å²) < 4.78 is 21.8. The molecule has 6 heteroatoms. The van der Waals surface area contributed by atoms with Gasteiger partial charge in [-0.3, -0.25) is 0 Å². The first kappa shape index (κ1) is 23.8. The van der Waals surface area contributed by atoms with Crippen LogP contribution < -0.4 is 24.3 Å². The third-order valence-electron chi connectivity index (χ3n) is 5.20. The van der Waals surface area contributed by atoms with Crippen LogP contribution in [-0.2, 0) is 6.42 Å². The molecule has 1 atom stereocenters. The quantitative estimate of drug-likeness (QED) is 0.293. The van der Waals surface area contributed by atoms with Crippen LogP contribution in [0.15, 0.2) is 71.6 Å². The van der Waals surface area contributed by atoms with Crippen LogP contribution in [-0.4, -0.2) is 40.7 Å². The summed E-state index contributed by atoms with van der Waals surface area (Å²) in [5.41, 5.74) is 2.30. The van der Waals surface area contributed by atoms with Gasteiger partial charge in [0.15, 0.2) is 23.0 Å². The standard InChI is InChI=1S/C26H31NO4S/c1-28-23-12-10-19(17-25(23)30-3)16-22(20-11-13-24(29-2)26(18-20)31-4)27-14-15-32-21-8-6-5-7-9-21/h5-13,17-18,22,27H,14-16H2,1-4H3.